The Hall–Kier alpha value is -3.56. The Morgan fingerprint density at radius 3 is 2.43 bits per heavy atom. The lowest BCUT2D eigenvalue weighted by atomic mass is 10.1. The molecule has 0 aliphatic carbocycles. The van der Waals surface area contributed by atoms with Gasteiger partial charge in [-0.1, -0.05) is 12.1 Å². The number of alkyl halides is 3. The second-order valence-electron chi connectivity index (χ2n) is 5.52. The van der Waals surface area contributed by atoms with Crippen molar-refractivity contribution in [1.82, 2.24) is 9.97 Å². The lowest BCUT2D eigenvalue weighted by Gasteiger charge is -2.13. The Bertz CT molecular complexity index is 1020. The van der Waals surface area contributed by atoms with Gasteiger partial charge in [-0.3, -0.25) is 4.79 Å². The molecule has 2 N–H and O–H groups in total. The van der Waals surface area contributed by atoms with Crippen LogP contribution in [0.1, 0.15) is 16.1 Å². The van der Waals surface area contributed by atoms with E-state index >= 15 is 0 Å². The summed E-state index contributed by atoms with van der Waals surface area (Å²) in [6.07, 6.45) is -3.45. The van der Waals surface area contributed by atoms with E-state index in [1.807, 2.05) is 0 Å². The number of amides is 1. The van der Waals surface area contributed by atoms with Crippen LogP contribution < -0.4 is 10.6 Å². The second-order valence-corrected chi connectivity index (χ2v) is 5.52. The van der Waals surface area contributed by atoms with Crippen LogP contribution in [-0.4, -0.2) is 15.9 Å². The largest absolute Gasteiger partial charge is 0.418 e. The van der Waals surface area contributed by atoms with Gasteiger partial charge in [-0.15, -0.1) is 0 Å². The molecule has 1 aromatic heterocycles. The summed E-state index contributed by atoms with van der Waals surface area (Å²) < 4.78 is 65.3. The number of carbonyl (C=O) groups is 1. The molecule has 10 heteroatoms. The lowest BCUT2D eigenvalue weighted by molar-refractivity contribution is -0.136. The molecule has 0 spiro atoms. The number of nitrogens with one attached hydrogen (secondary N) is 2. The molecule has 0 saturated heterocycles. The molecule has 2 aromatic carbocycles. The molecule has 1 amide bonds. The summed E-state index contributed by atoms with van der Waals surface area (Å²) in [5.74, 6) is -3.15. The molecule has 3 rings (SSSR count). The molecule has 0 aliphatic rings. The fraction of sp³-hybridized carbons (Fsp3) is 0.0556. The molecule has 0 radical (unpaired) electrons. The second kappa shape index (κ2) is 7.59. The van der Waals surface area contributed by atoms with Gasteiger partial charge in [0.15, 0.2) is 11.6 Å². The van der Waals surface area contributed by atoms with Crippen molar-refractivity contribution < 1.29 is 26.7 Å². The Morgan fingerprint density at radius 2 is 1.71 bits per heavy atom. The van der Waals surface area contributed by atoms with Crippen molar-refractivity contribution in [1.29, 1.82) is 0 Å². The fourth-order valence-electron chi connectivity index (χ4n) is 2.27. The summed E-state index contributed by atoms with van der Waals surface area (Å²) in [5, 5.41) is 4.73. The van der Waals surface area contributed by atoms with Crippen molar-refractivity contribution in [2.45, 2.75) is 6.18 Å². The third kappa shape index (κ3) is 4.40. The van der Waals surface area contributed by atoms with Crippen LogP contribution in [0.15, 0.2) is 54.7 Å². The van der Waals surface area contributed by atoms with Gasteiger partial charge in [0.25, 0.3) is 5.91 Å². The zero-order chi connectivity index (χ0) is 20.3. The highest BCUT2D eigenvalue weighted by atomic mass is 19.4. The van der Waals surface area contributed by atoms with Crippen LogP contribution in [0, 0.1) is 11.6 Å². The Kier molecular flexibility index (Phi) is 5.21. The van der Waals surface area contributed by atoms with E-state index in [0.29, 0.717) is 0 Å². The minimum atomic E-state index is -4.64. The molecule has 5 nitrogen and oxygen atoms in total. The maximum absolute atomic E-state index is 13.3. The smallest absolute Gasteiger partial charge is 0.324 e. The molecule has 1 heterocycles. The van der Waals surface area contributed by atoms with Gasteiger partial charge < -0.3 is 10.6 Å². The zero-order valence-corrected chi connectivity index (χ0v) is 13.9. The van der Waals surface area contributed by atoms with Gasteiger partial charge in [-0.2, -0.15) is 13.2 Å². The molecule has 0 atom stereocenters. The van der Waals surface area contributed by atoms with Gasteiger partial charge in [0.05, 0.1) is 11.3 Å². The van der Waals surface area contributed by atoms with Gasteiger partial charge in [0.2, 0.25) is 5.95 Å². The Morgan fingerprint density at radius 1 is 0.964 bits per heavy atom. The first kappa shape index (κ1) is 19.2. The normalized spacial score (nSPS) is 11.2. The highest BCUT2D eigenvalue weighted by Crippen LogP contribution is 2.34. The van der Waals surface area contributed by atoms with Crippen LogP contribution in [0.4, 0.5) is 39.3 Å². The van der Waals surface area contributed by atoms with Gasteiger partial charge >= 0.3 is 6.18 Å². The molecule has 0 aliphatic heterocycles. The van der Waals surface area contributed by atoms with E-state index in [1.165, 1.54) is 30.5 Å². The van der Waals surface area contributed by atoms with Crippen LogP contribution in [0.3, 0.4) is 0 Å². The maximum atomic E-state index is 13.3. The summed E-state index contributed by atoms with van der Waals surface area (Å²) in [4.78, 5) is 20.0. The van der Waals surface area contributed by atoms with Gasteiger partial charge in [-0.05, 0) is 30.3 Å². The van der Waals surface area contributed by atoms with E-state index in [-0.39, 0.29) is 17.3 Å². The molecule has 0 unspecified atom stereocenters. The Labute approximate surface area is 155 Å². The predicted octanol–water partition coefficient (Wildman–Crippen LogP) is 4.77. The number of rotatable bonds is 4. The first-order valence-corrected chi connectivity index (χ1v) is 7.77. The minimum Gasteiger partial charge on any atom is -0.324 e. The molecule has 0 saturated carbocycles. The fourth-order valence-corrected chi connectivity index (χ4v) is 2.27. The molecule has 3 aromatic rings. The number of aromatic nitrogens is 2. The first-order chi connectivity index (χ1) is 13.2. The minimum absolute atomic E-state index is 0.122. The number of anilines is 3. The van der Waals surface area contributed by atoms with E-state index < -0.39 is 35.0 Å². The lowest BCUT2D eigenvalue weighted by Crippen LogP contribution is -2.18. The SMILES string of the molecule is O=C(Nc1ccccc1C(F)(F)F)c1ccnc(Nc2ccc(F)c(F)c2)n1. The highest BCUT2D eigenvalue weighted by Gasteiger charge is 2.33. The standard InChI is InChI=1S/C18H11F5N4O/c19-12-6-5-10(9-13(12)20)25-17-24-8-7-15(27-17)16(28)26-14-4-2-1-3-11(14)18(21,22)23/h1-9H,(H,26,28)(H,24,25,27). The summed E-state index contributed by atoms with van der Waals surface area (Å²) in [5.41, 5.74) is -1.53. The number of benzene rings is 2. The van der Waals surface area contributed by atoms with Crippen LogP contribution in [0.25, 0.3) is 0 Å². The molecule has 0 bridgehead atoms. The van der Waals surface area contributed by atoms with Crippen LogP contribution >= 0.6 is 0 Å². The van der Waals surface area contributed by atoms with E-state index in [1.54, 1.807) is 0 Å². The van der Waals surface area contributed by atoms with E-state index in [0.717, 1.165) is 24.3 Å². The van der Waals surface area contributed by atoms with Crippen molar-refractivity contribution in [2.24, 2.45) is 0 Å². The monoisotopic (exact) mass is 394 g/mol. The summed E-state index contributed by atoms with van der Waals surface area (Å²) >= 11 is 0. The molecular formula is C18H11F5N4O. The molecule has 28 heavy (non-hydrogen) atoms. The van der Waals surface area contributed by atoms with Crippen LogP contribution in [0.2, 0.25) is 0 Å². The number of hydrogen-bond donors (Lipinski definition) is 2. The predicted molar refractivity (Wildman–Crippen MR) is 91.1 cm³/mol. The van der Waals surface area contributed by atoms with E-state index in [2.05, 4.69) is 20.6 Å². The van der Waals surface area contributed by atoms with Crippen molar-refractivity contribution in [3.63, 3.8) is 0 Å². The van der Waals surface area contributed by atoms with Crippen LogP contribution in [0.5, 0.6) is 0 Å². The number of hydrogen-bond acceptors (Lipinski definition) is 4. The van der Waals surface area contributed by atoms with Crippen molar-refractivity contribution in [3.8, 4) is 0 Å². The van der Waals surface area contributed by atoms with E-state index in [9.17, 15) is 26.7 Å². The van der Waals surface area contributed by atoms with Crippen molar-refractivity contribution in [3.05, 3.63) is 77.6 Å². The van der Waals surface area contributed by atoms with Gasteiger partial charge in [0, 0.05) is 18.0 Å². The van der Waals surface area contributed by atoms with Gasteiger partial charge in [-0.25, -0.2) is 18.7 Å². The topological polar surface area (TPSA) is 66.9 Å². The van der Waals surface area contributed by atoms with Gasteiger partial charge in [0.1, 0.15) is 5.69 Å². The number of halogens is 5. The van der Waals surface area contributed by atoms with E-state index in [4.69, 9.17) is 0 Å². The maximum Gasteiger partial charge on any atom is 0.418 e. The van der Waals surface area contributed by atoms with Crippen molar-refractivity contribution >= 4 is 23.2 Å². The average molecular weight is 394 g/mol. The zero-order valence-electron chi connectivity index (χ0n) is 13.9. The third-order valence-electron chi connectivity index (χ3n) is 3.54. The summed E-state index contributed by atoms with van der Waals surface area (Å²) in [6.45, 7) is 0. The molecular weight excluding hydrogens is 383 g/mol. The number of carbonyl (C=O) groups excluding carboxylic acids is 1. The molecule has 0 fully saturated rings. The van der Waals surface area contributed by atoms with Crippen molar-refractivity contribution in [2.75, 3.05) is 10.6 Å². The number of nitrogens with zero attached hydrogens (tertiary/aromatic N) is 2. The summed E-state index contributed by atoms with van der Waals surface area (Å²) in [7, 11) is 0. The third-order valence-corrected chi connectivity index (χ3v) is 3.54. The first-order valence-electron chi connectivity index (χ1n) is 7.77. The number of para-hydroxylation sites is 1. The average Bonchev–Trinajstić information content (AvgIpc) is 2.64. The molecule has 144 valence electrons. The highest BCUT2D eigenvalue weighted by molar-refractivity contribution is 6.03. The Balaban J connectivity index is 1.80. The quantitative estimate of drug-likeness (QED) is 0.626. The summed E-state index contributed by atoms with van der Waals surface area (Å²) in [6, 6.07) is 8.69. The van der Waals surface area contributed by atoms with Crippen LogP contribution in [-0.2, 0) is 6.18 Å².